The molecule has 1 atom stereocenters. The van der Waals surface area contributed by atoms with Crippen LogP contribution in [0.1, 0.15) is 12.7 Å². The van der Waals surface area contributed by atoms with Gasteiger partial charge < -0.3 is 22.0 Å². The van der Waals surface area contributed by atoms with Gasteiger partial charge in [0, 0.05) is 7.11 Å². The molecule has 0 fully saturated rings. The number of hydrogen-bond donors (Lipinski definition) is 3. The van der Waals surface area contributed by atoms with Crippen LogP contribution < -0.4 is 17.3 Å². The molecule has 74 valence electrons. The first-order chi connectivity index (χ1) is 5.99. The van der Waals surface area contributed by atoms with E-state index in [2.05, 4.69) is 10.2 Å². The van der Waals surface area contributed by atoms with Gasteiger partial charge in [0.2, 0.25) is 5.95 Å². The topological polar surface area (TPSA) is 118 Å². The minimum atomic E-state index is -0.784. The summed E-state index contributed by atoms with van der Waals surface area (Å²) in [5, 5.41) is 7.36. The van der Waals surface area contributed by atoms with Gasteiger partial charge in [-0.25, -0.2) is 4.68 Å². The number of aromatic nitrogens is 3. The predicted octanol–water partition coefficient (Wildman–Crippen LogP) is -1.61. The van der Waals surface area contributed by atoms with Crippen LogP contribution in [0, 0.1) is 0 Å². The van der Waals surface area contributed by atoms with Crippen molar-refractivity contribution in [3.63, 3.8) is 0 Å². The van der Waals surface area contributed by atoms with E-state index in [1.165, 1.54) is 0 Å². The molecule has 1 aromatic rings. The molecule has 0 spiro atoms. The molecule has 0 aliphatic heterocycles. The lowest BCUT2D eigenvalue weighted by atomic mass is 10.1. The summed E-state index contributed by atoms with van der Waals surface area (Å²) in [6.07, 6.45) is 0. The lowest BCUT2D eigenvalue weighted by Gasteiger charge is -2.21. The number of hydrogen-bond acceptors (Lipinski definition) is 6. The molecule has 0 aliphatic rings. The third-order valence-corrected chi connectivity index (χ3v) is 1.68. The van der Waals surface area contributed by atoms with Gasteiger partial charge in [0.05, 0.1) is 12.1 Å². The van der Waals surface area contributed by atoms with Gasteiger partial charge in [-0.1, -0.05) is 0 Å². The van der Waals surface area contributed by atoms with E-state index in [-0.39, 0.29) is 5.95 Å². The van der Waals surface area contributed by atoms with Gasteiger partial charge >= 0.3 is 0 Å². The van der Waals surface area contributed by atoms with E-state index < -0.39 is 5.54 Å². The summed E-state index contributed by atoms with van der Waals surface area (Å²) in [6, 6.07) is 0. The van der Waals surface area contributed by atoms with E-state index in [1.807, 2.05) is 0 Å². The molecule has 1 unspecified atom stereocenters. The third-order valence-electron chi connectivity index (χ3n) is 1.68. The zero-order valence-corrected chi connectivity index (χ0v) is 7.69. The normalized spacial score (nSPS) is 15.6. The van der Waals surface area contributed by atoms with Gasteiger partial charge in [-0.15, -0.1) is 10.2 Å². The Morgan fingerprint density at radius 3 is 2.54 bits per heavy atom. The number of nitrogens with zero attached hydrogens (tertiary/aromatic N) is 3. The fourth-order valence-electron chi connectivity index (χ4n) is 1.06. The number of ether oxygens (including phenoxy) is 1. The second-order valence-electron chi connectivity index (χ2n) is 3.10. The molecular weight excluding hydrogens is 172 g/mol. The Bertz CT molecular complexity index is 293. The first-order valence-corrected chi connectivity index (χ1v) is 3.73. The highest BCUT2D eigenvalue weighted by Gasteiger charge is 2.28. The SMILES string of the molecule is COCC(C)(N)c1nnc(N)n1N. The highest BCUT2D eigenvalue weighted by Crippen LogP contribution is 2.15. The van der Waals surface area contributed by atoms with Gasteiger partial charge in [-0.2, -0.15) is 0 Å². The molecule has 0 saturated heterocycles. The van der Waals surface area contributed by atoms with Crippen molar-refractivity contribution in [2.75, 3.05) is 25.3 Å². The molecule has 0 aromatic carbocycles. The van der Waals surface area contributed by atoms with Crippen LogP contribution in [0.2, 0.25) is 0 Å². The van der Waals surface area contributed by atoms with E-state index in [0.717, 1.165) is 4.68 Å². The number of anilines is 1. The maximum atomic E-state index is 5.88. The van der Waals surface area contributed by atoms with Gasteiger partial charge in [-0.05, 0) is 6.92 Å². The molecule has 6 N–H and O–H groups in total. The van der Waals surface area contributed by atoms with E-state index in [9.17, 15) is 0 Å². The molecule has 0 bridgehead atoms. The Balaban J connectivity index is 2.99. The molecule has 0 saturated carbocycles. The molecule has 0 amide bonds. The molecule has 13 heavy (non-hydrogen) atoms. The van der Waals surface area contributed by atoms with Gasteiger partial charge in [0.15, 0.2) is 5.82 Å². The minimum absolute atomic E-state index is 0.128. The predicted molar refractivity (Wildman–Crippen MR) is 48.0 cm³/mol. The molecule has 7 nitrogen and oxygen atoms in total. The summed E-state index contributed by atoms with van der Waals surface area (Å²) in [7, 11) is 1.55. The highest BCUT2D eigenvalue weighted by molar-refractivity contribution is 5.20. The zero-order valence-electron chi connectivity index (χ0n) is 7.69. The number of rotatable bonds is 3. The minimum Gasteiger partial charge on any atom is -0.382 e. The lowest BCUT2D eigenvalue weighted by Crippen LogP contribution is -2.42. The fourth-order valence-corrected chi connectivity index (χ4v) is 1.06. The van der Waals surface area contributed by atoms with E-state index in [0.29, 0.717) is 12.4 Å². The Labute approximate surface area is 75.8 Å². The standard InChI is InChI=1S/C6H14N6O/c1-6(8,3-13-2)4-10-11-5(7)12(4)9/h3,8-9H2,1-2H3,(H2,7,11). The van der Waals surface area contributed by atoms with Crippen LogP contribution in [0.3, 0.4) is 0 Å². The number of methoxy groups -OCH3 is 1. The monoisotopic (exact) mass is 186 g/mol. The average molecular weight is 186 g/mol. The highest BCUT2D eigenvalue weighted by atomic mass is 16.5. The average Bonchev–Trinajstić information content (AvgIpc) is 2.33. The molecular formula is C6H14N6O. The summed E-state index contributed by atoms with van der Waals surface area (Å²) in [5.74, 6) is 6.07. The van der Waals surface area contributed by atoms with Crippen LogP contribution in [0.4, 0.5) is 5.95 Å². The van der Waals surface area contributed by atoms with E-state index in [1.54, 1.807) is 14.0 Å². The van der Waals surface area contributed by atoms with Crippen molar-refractivity contribution >= 4 is 5.95 Å². The molecule has 1 aromatic heterocycles. The Morgan fingerprint density at radius 1 is 1.54 bits per heavy atom. The second kappa shape index (κ2) is 3.19. The Morgan fingerprint density at radius 2 is 2.15 bits per heavy atom. The second-order valence-corrected chi connectivity index (χ2v) is 3.10. The summed E-state index contributed by atoms with van der Waals surface area (Å²) in [5.41, 5.74) is 10.5. The van der Waals surface area contributed by atoms with Crippen LogP contribution in [0.5, 0.6) is 0 Å². The van der Waals surface area contributed by atoms with E-state index >= 15 is 0 Å². The third kappa shape index (κ3) is 1.70. The first kappa shape index (κ1) is 9.75. The van der Waals surface area contributed by atoms with Crippen LogP contribution >= 0.6 is 0 Å². The fraction of sp³-hybridized carbons (Fsp3) is 0.667. The largest absolute Gasteiger partial charge is 0.382 e. The molecule has 0 aliphatic carbocycles. The lowest BCUT2D eigenvalue weighted by molar-refractivity contribution is 0.135. The molecule has 7 heteroatoms. The van der Waals surface area contributed by atoms with Crippen molar-refractivity contribution in [2.45, 2.75) is 12.5 Å². The van der Waals surface area contributed by atoms with Crippen molar-refractivity contribution < 1.29 is 4.74 Å². The maximum Gasteiger partial charge on any atom is 0.240 e. The van der Waals surface area contributed by atoms with Crippen molar-refractivity contribution in [1.29, 1.82) is 0 Å². The molecule has 1 rings (SSSR count). The smallest absolute Gasteiger partial charge is 0.240 e. The van der Waals surface area contributed by atoms with Crippen LogP contribution in [0.15, 0.2) is 0 Å². The van der Waals surface area contributed by atoms with Crippen LogP contribution in [-0.4, -0.2) is 28.6 Å². The molecule has 0 radical (unpaired) electrons. The zero-order chi connectivity index (χ0) is 10.1. The Hall–Kier alpha value is -1.34. The van der Waals surface area contributed by atoms with E-state index in [4.69, 9.17) is 22.0 Å². The maximum absolute atomic E-state index is 5.88. The van der Waals surface area contributed by atoms with Crippen LogP contribution in [0.25, 0.3) is 0 Å². The number of nitrogens with two attached hydrogens (primary N) is 3. The van der Waals surface area contributed by atoms with Crippen molar-refractivity contribution in [1.82, 2.24) is 14.9 Å². The van der Waals surface area contributed by atoms with Crippen molar-refractivity contribution in [3.8, 4) is 0 Å². The summed E-state index contributed by atoms with van der Waals surface area (Å²) in [4.78, 5) is 0. The summed E-state index contributed by atoms with van der Waals surface area (Å²) in [6.45, 7) is 2.03. The first-order valence-electron chi connectivity index (χ1n) is 3.73. The molecule has 1 heterocycles. The number of nitrogen functional groups attached to an aromatic ring is 2. The van der Waals surface area contributed by atoms with Gasteiger partial charge in [0.25, 0.3) is 0 Å². The summed E-state index contributed by atoms with van der Waals surface area (Å²) < 4.78 is 6.07. The Kier molecular flexibility index (Phi) is 2.39. The van der Waals surface area contributed by atoms with Gasteiger partial charge in [0.1, 0.15) is 0 Å². The van der Waals surface area contributed by atoms with Gasteiger partial charge in [-0.3, -0.25) is 0 Å². The summed E-state index contributed by atoms with van der Waals surface area (Å²) >= 11 is 0. The van der Waals surface area contributed by atoms with Crippen molar-refractivity contribution in [2.24, 2.45) is 5.73 Å². The van der Waals surface area contributed by atoms with Crippen molar-refractivity contribution in [3.05, 3.63) is 5.82 Å². The van der Waals surface area contributed by atoms with Crippen LogP contribution in [-0.2, 0) is 10.3 Å². The quantitative estimate of drug-likeness (QED) is 0.489.